The molecule has 0 aliphatic rings. The molecular weight excluding hydrogens is 207 g/mol. The lowest BCUT2D eigenvalue weighted by Crippen LogP contribution is -2.10. The van der Waals surface area contributed by atoms with Crippen molar-refractivity contribution in [3.05, 3.63) is 35.6 Å². The molecule has 82 valence electrons. The molecule has 1 aromatic carbocycles. The Morgan fingerprint density at radius 1 is 1.50 bits per heavy atom. The summed E-state index contributed by atoms with van der Waals surface area (Å²) in [4.78, 5) is 7.70. The topological polar surface area (TPSA) is 74.5 Å². The summed E-state index contributed by atoms with van der Waals surface area (Å²) in [6, 6.07) is 8.03. The third-order valence-corrected chi connectivity index (χ3v) is 1.83. The van der Waals surface area contributed by atoms with Gasteiger partial charge in [0.25, 0.3) is 0 Å². The second-order valence-electron chi connectivity index (χ2n) is 3.06. The molecule has 1 rings (SSSR count). The van der Waals surface area contributed by atoms with Crippen LogP contribution in [0.4, 0.5) is 4.39 Å². The Balaban J connectivity index is 2.75. The fraction of sp³-hybridized carbons (Fsp3) is 0.182. The van der Waals surface area contributed by atoms with Crippen LogP contribution in [0.3, 0.4) is 0 Å². The standard InChI is InChI=1S/C11H11FN4/c1-8(16-11(14)6-13)15-7-9-4-2-3-5-10(9)12/h2-5H,7H2,1H3,(H2,14,15,16). The highest BCUT2D eigenvalue weighted by atomic mass is 19.1. The lowest BCUT2D eigenvalue weighted by molar-refractivity contribution is 0.611. The molecule has 0 radical (unpaired) electrons. The van der Waals surface area contributed by atoms with Gasteiger partial charge in [0.1, 0.15) is 17.7 Å². The van der Waals surface area contributed by atoms with E-state index in [0.717, 1.165) is 0 Å². The Morgan fingerprint density at radius 3 is 2.81 bits per heavy atom. The predicted molar refractivity (Wildman–Crippen MR) is 60.4 cm³/mol. The van der Waals surface area contributed by atoms with E-state index in [1.54, 1.807) is 31.2 Å². The molecule has 0 aromatic heterocycles. The molecule has 0 atom stereocenters. The van der Waals surface area contributed by atoms with Crippen molar-refractivity contribution in [1.29, 1.82) is 5.26 Å². The third-order valence-electron chi connectivity index (χ3n) is 1.83. The fourth-order valence-electron chi connectivity index (χ4n) is 1.06. The van der Waals surface area contributed by atoms with Gasteiger partial charge < -0.3 is 5.73 Å². The van der Waals surface area contributed by atoms with Crippen molar-refractivity contribution < 1.29 is 4.39 Å². The van der Waals surface area contributed by atoms with Crippen molar-refractivity contribution in [2.75, 3.05) is 0 Å². The minimum Gasteiger partial charge on any atom is -0.375 e. The Morgan fingerprint density at radius 2 is 2.19 bits per heavy atom. The number of nitriles is 1. The maximum Gasteiger partial charge on any atom is 0.205 e. The van der Waals surface area contributed by atoms with Crippen LogP contribution in [0.2, 0.25) is 0 Å². The summed E-state index contributed by atoms with van der Waals surface area (Å²) in [6.07, 6.45) is 0. The van der Waals surface area contributed by atoms with Crippen LogP contribution in [-0.4, -0.2) is 11.7 Å². The first-order valence-electron chi connectivity index (χ1n) is 4.62. The zero-order valence-corrected chi connectivity index (χ0v) is 8.81. The number of hydrogen-bond acceptors (Lipinski definition) is 2. The number of hydrogen-bond donors (Lipinski definition) is 1. The Bertz CT molecular complexity index is 471. The minimum atomic E-state index is -0.309. The van der Waals surface area contributed by atoms with E-state index in [2.05, 4.69) is 9.98 Å². The van der Waals surface area contributed by atoms with Crippen LogP contribution in [0.15, 0.2) is 34.3 Å². The van der Waals surface area contributed by atoms with Crippen molar-refractivity contribution in [3.8, 4) is 6.07 Å². The predicted octanol–water partition coefficient (Wildman–Crippen LogP) is 1.62. The van der Waals surface area contributed by atoms with E-state index in [1.165, 1.54) is 6.07 Å². The summed E-state index contributed by atoms with van der Waals surface area (Å²) >= 11 is 0. The SMILES string of the molecule is CC(N=C(N)C#N)=NCc1ccccc1F. The number of halogens is 1. The van der Waals surface area contributed by atoms with Crippen LogP contribution >= 0.6 is 0 Å². The normalized spacial score (nSPS) is 12.3. The largest absolute Gasteiger partial charge is 0.375 e. The van der Waals surface area contributed by atoms with Gasteiger partial charge in [0, 0.05) is 5.56 Å². The highest BCUT2D eigenvalue weighted by Crippen LogP contribution is 2.07. The number of amidine groups is 2. The van der Waals surface area contributed by atoms with E-state index in [9.17, 15) is 4.39 Å². The van der Waals surface area contributed by atoms with Crippen molar-refractivity contribution >= 4 is 11.7 Å². The Kier molecular flexibility index (Phi) is 4.16. The molecule has 2 N–H and O–H groups in total. The number of nitrogens with two attached hydrogens (primary N) is 1. The van der Waals surface area contributed by atoms with Crippen LogP contribution in [0, 0.1) is 17.1 Å². The van der Waals surface area contributed by atoms with E-state index in [1.807, 2.05) is 0 Å². The average Bonchev–Trinajstić information content (AvgIpc) is 2.28. The molecule has 0 unspecified atom stereocenters. The van der Waals surface area contributed by atoms with Gasteiger partial charge in [-0.25, -0.2) is 9.38 Å². The first-order chi connectivity index (χ1) is 7.63. The van der Waals surface area contributed by atoms with Crippen LogP contribution in [0.25, 0.3) is 0 Å². The summed E-state index contributed by atoms with van der Waals surface area (Å²) in [7, 11) is 0. The van der Waals surface area contributed by atoms with Crippen LogP contribution < -0.4 is 5.73 Å². The van der Waals surface area contributed by atoms with Crippen molar-refractivity contribution in [2.24, 2.45) is 15.7 Å². The Hall–Kier alpha value is -2.22. The highest BCUT2D eigenvalue weighted by Gasteiger charge is 1.98. The third kappa shape index (κ3) is 3.50. The second kappa shape index (κ2) is 5.61. The molecule has 0 aliphatic carbocycles. The molecule has 0 saturated heterocycles. The summed E-state index contributed by atoms with van der Waals surface area (Å²) < 4.78 is 13.2. The molecule has 0 aliphatic heterocycles. The van der Waals surface area contributed by atoms with Gasteiger partial charge in [-0.05, 0) is 13.0 Å². The molecule has 0 amide bonds. The number of rotatable bonds is 2. The quantitative estimate of drug-likeness (QED) is 0.605. The molecule has 5 heteroatoms. The lowest BCUT2D eigenvalue weighted by Gasteiger charge is -1.98. The molecule has 0 bridgehead atoms. The zero-order valence-electron chi connectivity index (χ0n) is 8.81. The van der Waals surface area contributed by atoms with E-state index in [-0.39, 0.29) is 18.2 Å². The highest BCUT2D eigenvalue weighted by molar-refractivity contribution is 6.03. The maximum atomic E-state index is 13.2. The minimum absolute atomic E-state index is 0.158. The van der Waals surface area contributed by atoms with Gasteiger partial charge in [0.15, 0.2) is 0 Å². The lowest BCUT2D eigenvalue weighted by atomic mass is 10.2. The van der Waals surface area contributed by atoms with Gasteiger partial charge in [0.2, 0.25) is 5.84 Å². The maximum absolute atomic E-state index is 13.2. The summed E-state index contributed by atoms with van der Waals surface area (Å²) in [6.45, 7) is 1.78. The first-order valence-corrected chi connectivity index (χ1v) is 4.62. The molecule has 4 nitrogen and oxygen atoms in total. The van der Waals surface area contributed by atoms with Gasteiger partial charge in [0.05, 0.1) is 6.54 Å². The van der Waals surface area contributed by atoms with Crippen LogP contribution in [-0.2, 0) is 6.54 Å². The van der Waals surface area contributed by atoms with Crippen molar-refractivity contribution in [3.63, 3.8) is 0 Å². The molecular formula is C11H11FN4. The van der Waals surface area contributed by atoms with E-state index >= 15 is 0 Å². The van der Waals surface area contributed by atoms with E-state index in [0.29, 0.717) is 11.4 Å². The van der Waals surface area contributed by atoms with E-state index < -0.39 is 0 Å². The smallest absolute Gasteiger partial charge is 0.205 e. The summed E-state index contributed by atoms with van der Waals surface area (Å²) in [5.41, 5.74) is 5.69. The van der Waals surface area contributed by atoms with Gasteiger partial charge in [-0.1, -0.05) is 18.2 Å². The number of aliphatic imine (C=N–C) groups is 2. The average molecular weight is 218 g/mol. The van der Waals surface area contributed by atoms with Crippen molar-refractivity contribution in [2.45, 2.75) is 13.5 Å². The molecule has 16 heavy (non-hydrogen) atoms. The molecule has 0 spiro atoms. The van der Waals surface area contributed by atoms with Gasteiger partial charge in [-0.15, -0.1) is 0 Å². The number of nitrogens with zero attached hydrogens (tertiary/aromatic N) is 3. The van der Waals surface area contributed by atoms with Gasteiger partial charge in [-0.3, -0.25) is 4.99 Å². The Labute approximate surface area is 92.9 Å². The molecule has 0 heterocycles. The van der Waals surface area contributed by atoms with Crippen LogP contribution in [0.1, 0.15) is 12.5 Å². The first kappa shape index (κ1) is 11.9. The number of benzene rings is 1. The molecule has 0 fully saturated rings. The molecule has 1 aromatic rings. The molecule has 0 saturated carbocycles. The van der Waals surface area contributed by atoms with E-state index in [4.69, 9.17) is 11.0 Å². The van der Waals surface area contributed by atoms with Gasteiger partial charge >= 0.3 is 0 Å². The monoisotopic (exact) mass is 218 g/mol. The van der Waals surface area contributed by atoms with Crippen molar-refractivity contribution in [1.82, 2.24) is 0 Å². The van der Waals surface area contributed by atoms with Gasteiger partial charge in [-0.2, -0.15) is 5.26 Å². The van der Waals surface area contributed by atoms with Crippen LogP contribution in [0.5, 0.6) is 0 Å². The fourth-order valence-corrected chi connectivity index (χ4v) is 1.06. The summed E-state index contributed by atoms with van der Waals surface area (Å²) in [5.74, 6) is -0.117. The summed E-state index contributed by atoms with van der Waals surface area (Å²) in [5, 5.41) is 8.39. The zero-order chi connectivity index (χ0) is 12.0. The second-order valence-corrected chi connectivity index (χ2v) is 3.06.